The van der Waals surface area contributed by atoms with Crippen molar-refractivity contribution in [2.45, 2.75) is 6.54 Å². The number of aromatic nitrogens is 1. The van der Waals surface area contributed by atoms with Crippen molar-refractivity contribution in [3.8, 4) is 5.75 Å². The third kappa shape index (κ3) is 5.00. The van der Waals surface area contributed by atoms with Gasteiger partial charge < -0.3 is 25.0 Å². The number of piperazine rings is 1. The molecule has 2 N–H and O–H groups in total. The summed E-state index contributed by atoms with van der Waals surface area (Å²) in [6.07, 6.45) is 3.41. The Morgan fingerprint density at radius 2 is 2.03 bits per heavy atom. The number of hydrogen-bond acceptors (Lipinski definition) is 8. The zero-order valence-electron chi connectivity index (χ0n) is 19.5. The van der Waals surface area contributed by atoms with E-state index in [0.29, 0.717) is 41.6 Å². The van der Waals surface area contributed by atoms with Crippen LogP contribution in [-0.4, -0.2) is 63.3 Å². The lowest BCUT2D eigenvalue weighted by molar-refractivity contribution is 0.0994. The van der Waals surface area contributed by atoms with Gasteiger partial charge in [0.1, 0.15) is 12.4 Å². The van der Waals surface area contributed by atoms with E-state index in [-0.39, 0.29) is 11.8 Å². The fourth-order valence-electron chi connectivity index (χ4n) is 4.23. The summed E-state index contributed by atoms with van der Waals surface area (Å²) in [5.74, 6) is 0.321. The highest BCUT2D eigenvalue weighted by Crippen LogP contribution is 2.35. The first-order valence-electron chi connectivity index (χ1n) is 11.5. The van der Waals surface area contributed by atoms with Gasteiger partial charge in [0.05, 0.1) is 40.6 Å². The van der Waals surface area contributed by atoms with Gasteiger partial charge in [0.25, 0.3) is 11.8 Å². The number of rotatable bonds is 8. The predicted molar refractivity (Wildman–Crippen MR) is 136 cm³/mol. The van der Waals surface area contributed by atoms with E-state index in [1.807, 2.05) is 24.3 Å². The topological polar surface area (TPSA) is 96.0 Å². The maximum atomic E-state index is 13.1. The molecule has 10 heteroatoms. The van der Waals surface area contributed by atoms with Gasteiger partial charge >= 0.3 is 0 Å². The summed E-state index contributed by atoms with van der Waals surface area (Å²) in [5, 5.41) is 7.07. The third-order valence-corrected chi connectivity index (χ3v) is 7.13. The summed E-state index contributed by atoms with van der Waals surface area (Å²) in [7, 11) is 1.62. The van der Waals surface area contributed by atoms with Gasteiger partial charge in [0.2, 0.25) is 0 Å². The van der Waals surface area contributed by atoms with E-state index in [0.717, 1.165) is 42.4 Å². The van der Waals surface area contributed by atoms with Crippen LogP contribution >= 0.6 is 11.3 Å². The van der Waals surface area contributed by atoms with E-state index in [2.05, 4.69) is 20.5 Å². The minimum Gasteiger partial charge on any atom is -0.491 e. The van der Waals surface area contributed by atoms with Crippen LogP contribution in [0.15, 0.2) is 48.8 Å². The number of pyridine rings is 1. The zero-order valence-corrected chi connectivity index (χ0v) is 20.3. The van der Waals surface area contributed by atoms with Crippen molar-refractivity contribution in [1.29, 1.82) is 0 Å². The summed E-state index contributed by atoms with van der Waals surface area (Å²) in [6, 6.07) is 11.0. The molecule has 182 valence electrons. The quantitative estimate of drug-likeness (QED) is 0.466. The van der Waals surface area contributed by atoms with Gasteiger partial charge in [-0.1, -0.05) is 6.07 Å². The van der Waals surface area contributed by atoms with Crippen LogP contribution in [0.25, 0.3) is 0 Å². The summed E-state index contributed by atoms with van der Waals surface area (Å²) in [5.41, 5.74) is 3.19. The monoisotopic (exact) mass is 493 g/mol. The number of anilines is 3. The number of ether oxygens (including phenoxy) is 2. The maximum absolute atomic E-state index is 13.1. The molecule has 0 spiro atoms. The van der Waals surface area contributed by atoms with E-state index >= 15 is 0 Å². The SMILES string of the molecule is COCCOc1ccc2c(c1)C(=O)N(c1ccc(C(=O)Nc3cnccc3N3CCNCC3)s1)C2. The minimum atomic E-state index is -0.219. The van der Waals surface area contributed by atoms with Crippen LogP contribution in [0.4, 0.5) is 16.4 Å². The molecule has 0 bridgehead atoms. The smallest absolute Gasteiger partial charge is 0.265 e. The molecule has 0 radical (unpaired) electrons. The van der Waals surface area contributed by atoms with E-state index < -0.39 is 0 Å². The maximum Gasteiger partial charge on any atom is 0.265 e. The lowest BCUT2D eigenvalue weighted by atomic mass is 10.1. The first kappa shape index (κ1) is 23.3. The van der Waals surface area contributed by atoms with Gasteiger partial charge in [0.15, 0.2) is 0 Å². The van der Waals surface area contributed by atoms with Crippen LogP contribution in [0.2, 0.25) is 0 Å². The average Bonchev–Trinajstić information content (AvgIpc) is 3.50. The second kappa shape index (κ2) is 10.4. The third-order valence-electron chi connectivity index (χ3n) is 6.03. The summed E-state index contributed by atoms with van der Waals surface area (Å²) in [6.45, 7) is 4.90. The largest absolute Gasteiger partial charge is 0.491 e. The van der Waals surface area contributed by atoms with Crippen molar-refractivity contribution in [2.75, 3.05) is 61.6 Å². The molecule has 1 aromatic carbocycles. The molecular formula is C25H27N5O4S. The van der Waals surface area contributed by atoms with Crippen LogP contribution in [0, 0.1) is 0 Å². The molecule has 2 aliphatic rings. The van der Waals surface area contributed by atoms with Crippen LogP contribution in [0.1, 0.15) is 25.6 Å². The molecule has 0 aliphatic carbocycles. The van der Waals surface area contributed by atoms with Crippen molar-refractivity contribution in [3.63, 3.8) is 0 Å². The molecule has 2 amide bonds. The fraction of sp³-hybridized carbons (Fsp3) is 0.320. The first-order chi connectivity index (χ1) is 17.1. The van der Waals surface area contributed by atoms with E-state index in [9.17, 15) is 9.59 Å². The van der Waals surface area contributed by atoms with Gasteiger partial charge in [-0.15, -0.1) is 11.3 Å². The highest BCUT2D eigenvalue weighted by molar-refractivity contribution is 7.18. The molecule has 35 heavy (non-hydrogen) atoms. The molecule has 9 nitrogen and oxygen atoms in total. The Kier molecular flexibility index (Phi) is 6.94. The van der Waals surface area contributed by atoms with Crippen molar-refractivity contribution in [2.24, 2.45) is 0 Å². The Balaban J connectivity index is 1.28. The Morgan fingerprint density at radius 3 is 2.86 bits per heavy atom. The molecule has 4 heterocycles. The number of nitrogens with zero attached hydrogens (tertiary/aromatic N) is 3. The van der Waals surface area contributed by atoms with Gasteiger partial charge in [-0.25, -0.2) is 0 Å². The molecule has 5 rings (SSSR count). The number of carbonyl (C=O) groups is 2. The van der Waals surface area contributed by atoms with Crippen LogP contribution in [0.5, 0.6) is 5.75 Å². The number of carbonyl (C=O) groups excluding carboxylic acids is 2. The van der Waals surface area contributed by atoms with E-state index in [1.54, 1.807) is 36.5 Å². The Morgan fingerprint density at radius 1 is 1.17 bits per heavy atom. The molecule has 1 saturated heterocycles. The Bertz CT molecular complexity index is 1220. The van der Waals surface area contributed by atoms with E-state index in [4.69, 9.17) is 9.47 Å². The summed E-state index contributed by atoms with van der Waals surface area (Å²) >= 11 is 1.30. The molecular weight excluding hydrogens is 466 g/mol. The number of methoxy groups -OCH3 is 1. The molecule has 3 aromatic rings. The molecule has 0 saturated carbocycles. The number of amides is 2. The van der Waals surface area contributed by atoms with Gasteiger partial charge in [-0.3, -0.25) is 19.5 Å². The number of hydrogen-bond donors (Lipinski definition) is 2. The molecule has 2 aliphatic heterocycles. The number of nitrogens with one attached hydrogen (secondary N) is 2. The summed E-state index contributed by atoms with van der Waals surface area (Å²) in [4.78, 5) is 34.8. The van der Waals surface area contributed by atoms with Gasteiger partial charge in [-0.2, -0.15) is 0 Å². The molecule has 2 aromatic heterocycles. The average molecular weight is 494 g/mol. The number of thiophene rings is 1. The van der Waals surface area contributed by atoms with Crippen molar-refractivity contribution in [1.82, 2.24) is 10.3 Å². The van der Waals surface area contributed by atoms with Crippen molar-refractivity contribution in [3.05, 3.63) is 64.8 Å². The summed E-state index contributed by atoms with van der Waals surface area (Å²) < 4.78 is 10.7. The fourth-order valence-corrected chi connectivity index (χ4v) is 5.13. The van der Waals surface area contributed by atoms with Gasteiger partial charge in [-0.05, 0) is 35.9 Å². The zero-order chi connectivity index (χ0) is 24.2. The normalized spacial score (nSPS) is 15.3. The van der Waals surface area contributed by atoms with Crippen LogP contribution < -0.4 is 25.2 Å². The molecule has 0 unspecified atom stereocenters. The number of fused-ring (bicyclic) bond motifs is 1. The second-order valence-electron chi connectivity index (χ2n) is 8.27. The van der Waals surface area contributed by atoms with Crippen molar-refractivity contribution < 1.29 is 19.1 Å². The van der Waals surface area contributed by atoms with E-state index in [1.165, 1.54) is 11.3 Å². The Labute approximate surface area is 207 Å². The highest BCUT2D eigenvalue weighted by Gasteiger charge is 2.30. The lowest BCUT2D eigenvalue weighted by Gasteiger charge is -2.30. The van der Waals surface area contributed by atoms with Crippen molar-refractivity contribution >= 4 is 39.5 Å². The Hall–Kier alpha value is -3.47. The lowest BCUT2D eigenvalue weighted by Crippen LogP contribution is -2.43. The highest BCUT2D eigenvalue weighted by atomic mass is 32.1. The van der Waals surface area contributed by atoms with Gasteiger partial charge in [0, 0.05) is 45.0 Å². The minimum absolute atomic E-state index is 0.0979. The standard InChI is InChI=1S/C25H27N5O4S/c1-33-12-13-34-18-3-2-17-16-30(25(32)19(17)14-18)23-5-4-22(35-23)24(31)28-20-15-27-7-6-21(20)29-10-8-26-9-11-29/h2-7,14-15,26H,8-13,16H2,1H3,(H,28,31). The first-order valence-corrected chi connectivity index (χ1v) is 12.3. The van der Waals surface area contributed by atoms with Crippen LogP contribution in [-0.2, 0) is 11.3 Å². The molecule has 0 atom stereocenters. The number of benzene rings is 1. The second-order valence-corrected chi connectivity index (χ2v) is 9.34. The molecule has 1 fully saturated rings. The van der Waals surface area contributed by atoms with Crippen LogP contribution in [0.3, 0.4) is 0 Å². The predicted octanol–water partition coefficient (Wildman–Crippen LogP) is 2.99.